The highest BCUT2D eigenvalue weighted by molar-refractivity contribution is 6.61. The first-order valence-corrected chi connectivity index (χ1v) is 4.47. The van der Waals surface area contributed by atoms with Gasteiger partial charge in [-0.1, -0.05) is 30.3 Å². The van der Waals surface area contributed by atoms with Crippen molar-refractivity contribution >= 4 is 18.7 Å². The molecule has 0 saturated carbocycles. The topological polar surface area (TPSA) is 72.6 Å². The van der Waals surface area contributed by atoms with Crippen LogP contribution in [0.3, 0.4) is 0 Å². The zero-order valence-corrected chi connectivity index (χ0v) is 8.22. The van der Waals surface area contributed by atoms with Crippen molar-refractivity contribution in [3.8, 4) is 0 Å². The number of hydrogen-bond donors (Lipinski definition) is 2. The fourth-order valence-electron chi connectivity index (χ4n) is 1.16. The molecule has 0 aliphatic rings. The van der Waals surface area contributed by atoms with Gasteiger partial charge in [-0.2, -0.15) is 0 Å². The first kappa shape index (κ1) is 11.3. The predicted octanol–water partition coefficient (Wildman–Crippen LogP) is 0.198. The van der Waals surface area contributed by atoms with E-state index in [2.05, 4.69) is 11.2 Å². The lowest BCUT2D eigenvalue weighted by atomic mass is 9.79. The third kappa shape index (κ3) is 3.48. The maximum atomic E-state index is 10.4. The number of carbonyl (C=O) groups excluding carboxylic acids is 1. The number of hydrogen-bond acceptors (Lipinski definition) is 3. The van der Waals surface area contributed by atoms with Crippen LogP contribution in [-0.2, 0) is 11.1 Å². The van der Waals surface area contributed by atoms with Crippen LogP contribution in [0.25, 0.3) is 0 Å². The number of benzene rings is 1. The van der Waals surface area contributed by atoms with Crippen LogP contribution in [0.1, 0.15) is 5.56 Å². The summed E-state index contributed by atoms with van der Waals surface area (Å²) in [6.45, 7) is 3.62. The molecule has 4 nitrogen and oxygen atoms in total. The minimum Gasteiger partial charge on any atom is -0.489 e. The third-order valence-corrected chi connectivity index (χ3v) is 1.87. The minimum absolute atomic E-state index is 0.488. The zero-order valence-electron chi connectivity index (χ0n) is 8.22. The molecule has 5 heteroatoms. The van der Waals surface area contributed by atoms with E-state index in [1.54, 1.807) is 18.2 Å². The Morgan fingerprint density at radius 3 is 2.60 bits per heavy atom. The summed E-state index contributed by atoms with van der Waals surface area (Å²) in [7, 11) is -1.31. The van der Waals surface area contributed by atoms with E-state index in [4.69, 9.17) is 5.73 Å². The second kappa shape index (κ2) is 5.21. The van der Waals surface area contributed by atoms with Crippen molar-refractivity contribution in [2.45, 2.75) is 6.42 Å². The fourth-order valence-corrected chi connectivity index (χ4v) is 1.16. The maximum Gasteiger partial charge on any atom is 0.563 e. The third-order valence-electron chi connectivity index (χ3n) is 1.87. The maximum absolute atomic E-state index is 10.4. The van der Waals surface area contributed by atoms with Crippen LogP contribution in [0.2, 0.25) is 0 Å². The molecule has 0 heterocycles. The lowest BCUT2D eigenvalue weighted by Gasteiger charge is -2.06. The molecule has 1 rings (SSSR count). The van der Waals surface area contributed by atoms with Gasteiger partial charge in [0.15, 0.2) is 0 Å². The van der Waals surface area contributed by atoms with Gasteiger partial charge in [0.1, 0.15) is 0 Å². The minimum atomic E-state index is -1.31. The van der Waals surface area contributed by atoms with E-state index < -0.39 is 13.2 Å². The largest absolute Gasteiger partial charge is 0.563 e. The standard InChI is InChI=1S/C10H12BNO3/c1-2-3-8-4-6-9(7-5-8)11(14)15-10(12)13/h2,4-7,14H,1,3H2,(H2,12,13). The molecular formula is C10H12BNO3. The highest BCUT2D eigenvalue weighted by Crippen LogP contribution is 1.99. The van der Waals surface area contributed by atoms with Crippen LogP contribution >= 0.6 is 0 Å². The number of nitrogens with two attached hydrogens (primary N) is 1. The monoisotopic (exact) mass is 205 g/mol. The van der Waals surface area contributed by atoms with Gasteiger partial charge in [0.2, 0.25) is 0 Å². The van der Waals surface area contributed by atoms with Gasteiger partial charge < -0.3 is 15.4 Å². The molecule has 3 N–H and O–H groups in total. The molecule has 0 aliphatic carbocycles. The van der Waals surface area contributed by atoms with Crippen LogP contribution in [0.5, 0.6) is 0 Å². The molecule has 0 aromatic heterocycles. The molecule has 1 amide bonds. The highest BCUT2D eigenvalue weighted by atomic mass is 16.6. The van der Waals surface area contributed by atoms with E-state index in [-0.39, 0.29) is 0 Å². The molecular weight excluding hydrogens is 193 g/mol. The SMILES string of the molecule is C=CCc1ccc(B(O)OC(N)=O)cc1. The van der Waals surface area contributed by atoms with Crippen molar-refractivity contribution in [3.05, 3.63) is 42.5 Å². The summed E-state index contributed by atoms with van der Waals surface area (Å²) in [5, 5.41) is 9.37. The molecule has 0 saturated heterocycles. The molecule has 0 radical (unpaired) electrons. The van der Waals surface area contributed by atoms with Crippen LogP contribution in [0.15, 0.2) is 36.9 Å². The molecule has 0 aliphatic heterocycles. The molecule has 1 aromatic rings. The molecule has 0 spiro atoms. The highest BCUT2D eigenvalue weighted by Gasteiger charge is 2.19. The van der Waals surface area contributed by atoms with E-state index in [1.165, 1.54) is 0 Å². The van der Waals surface area contributed by atoms with Gasteiger partial charge in [0, 0.05) is 0 Å². The van der Waals surface area contributed by atoms with Gasteiger partial charge in [0.05, 0.1) is 0 Å². The molecule has 0 fully saturated rings. The Labute approximate surface area is 88.5 Å². The number of carbonyl (C=O) groups is 1. The van der Waals surface area contributed by atoms with E-state index >= 15 is 0 Å². The molecule has 15 heavy (non-hydrogen) atoms. The summed E-state index contributed by atoms with van der Waals surface area (Å²) in [6, 6.07) is 6.99. The second-order valence-electron chi connectivity index (χ2n) is 3.02. The van der Waals surface area contributed by atoms with Crippen LogP contribution in [0.4, 0.5) is 4.79 Å². The summed E-state index contributed by atoms with van der Waals surface area (Å²) in [5.41, 5.74) is 6.33. The Morgan fingerprint density at radius 1 is 1.53 bits per heavy atom. The van der Waals surface area contributed by atoms with E-state index in [0.717, 1.165) is 12.0 Å². The Hall–Kier alpha value is -1.75. The fraction of sp³-hybridized carbons (Fsp3) is 0.100. The van der Waals surface area contributed by atoms with Crippen molar-refractivity contribution in [1.29, 1.82) is 0 Å². The normalized spacial score (nSPS) is 9.40. The molecule has 1 aromatic carbocycles. The number of allylic oxidation sites excluding steroid dienone is 1. The lowest BCUT2D eigenvalue weighted by Crippen LogP contribution is -2.37. The summed E-state index contributed by atoms with van der Waals surface area (Å²) >= 11 is 0. The molecule has 0 atom stereocenters. The van der Waals surface area contributed by atoms with Gasteiger partial charge in [-0.25, -0.2) is 4.79 Å². The van der Waals surface area contributed by atoms with Gasteiger partial charge in [0.25, 0.3) is 0 Å². The number of rotatable bonds is 4. The van der Waals surface area contributed by atoms with Gasteiger partial charge >= 0.3 is 13.2 Å². The summed E-state index contributed by atoms with van der Waals surface area (Å²) in [4.78, 5) is 10.4. The quantitative estimate of drug-likeness (QED) is 0.544. The Kier molecular flexibility index (Phi) is 3.94. The number of primary amides is 1. The summed E-state index contributed by atoms with van der Waals surface area (Å²) < 4.78 is 4.41. The van der Waals surface area contributed by atoms with Crippen molar-refractivity contribution < 1.29 is 14.5 Å². The van der Waals surface area contributed by atoms with Gasteiger partial charge in [-0.15, -0.1) is 6.58 Å². The second-order valence-corrected chi connectivity index (χ2v) is 3.02. The van der Waals surface area contributed by atoms with Crippen LogP contribution < -0.4 is 11.2 Å². The first-order chi connectivity index (χ1) is 7.13. The van der Waals surface area contributed by atoms with Crippen LogP contribution in [0, 0.1) is 0 Å². The summed E-state index contributed by atoms with van der Waals surface area (Å²) in [5.74, 6) is 0. The smallest absolute Gasteiger partial charge is 0.489 e. The average Bonchev–Trinajstić information content (AvgIpc) is 2.18. The molecule has 0 bridgehead atoms. The van der Waals surface area contributed by atoms with Crippen LogP contribution in [-0.4, -0.2) is 18.2 Å². The van der Waals surface area contributed by atoms with Crippen molar-refractivity contribution in [2.24, 2.45) is 5.73 Å². The van der Waals surface area contributed by atoms with E-state index in [9.17, 15) is 9.82 Å². The predicted molar refractivity (Wildman–Crippen MR) is 58.6 cm³/mol. The van der Waals surface area contributed by atoms with Gasteiger partial charge in [-0.05, 0) is 17.4 Å². The first-order valence-electron chi connectivity index (χ1n) is 4.47. The van der Waals surface area contributed by atoms with E-state index in [1.807, 2.05) is 12.1 Å². The van der Waals surface area contributed by atoms with E-state index in [0.29, 0.717) is 5.46 Å². The lowest BCUT2D eigenvalue weighted by molar-refractivity contribution is 0.203. The van der Waals surface area contributed by atoms with Crippen molar-refractivity contribution in [1.82, 2.24) is 0 Å². The summed E-state index contributed by atoms with van der Waals surface area (Å²) in [6.07, 6.45) is 1.54. The molecule has 78 valence electrons. The zero-order chi connectivity index (χ0) is 11.3. The number of amides is 1. The Morgan fingerprint density at radius 2 is 2.13 bits per heavy atom. The molecule has 0 unspecified atom stereocenters. The Balaban J connectivity index is 2.70. The average molecular weight is 205 g/mol. The van der Waals surface area contributed by atoms with Crippen molar-refractivity contribution in [2.75, 3.05) is 0 Å². The van der Waals surface area contributed by atoms with Crippen molar-refractivity contribution in [3.63, 3.8) is 0 Å². The van der Waals surface area contributed by atoms with Gasteiger partial charge in [-0.3, -0.25) is 0 Å². The Bertz CT molecular complexity index is 350.